The third-order valence-electron chi connectivity index (χ3n) is 3.77. The molecular weight excluding hydrogens is 435 g/mol. The Morgan fingerprint density at radius 2 is 1.97 bits per heavy atom. The van der Waals surface area contributed by atoms with Crippen LogP contribution in [0, 0.1) is 0 Å². The van der Waals surface area contributed by atoms with Gasteiger partial charge in [0.15, 0.2) is 16.7 Å². The van der Waals surface area contributed by atoms with Crippen LogP contribution in [0.3, 0.4) is 0 Å². The number of amides is 2. The number of thioether (sulfide) groups is 1. The summed E-state index contributed by atoms with van der Waals surface area (Å²) in [5.41, 5.74) is 1.60. The highest BCUT2D eigenvalue weighted by Gasteiger charge is 2.22. The zero-order valence-corrected chi connectivity index (χ0v) is 17.8. The van der Waals surface area contributed by atoms with Crippen molar-refractivity contribution in [2.45, 2.75) is 13.5 Å². The number of methoxy groups -OCH3 is 1. The topological polar surface area (TPSA) is 77.0 Å². The summed E-state index contributed by atoms with van der Waals surface area (Å²) in [5.74, 6) is 0.368. The summed E-state index contributed by atoms with van der Waals surface area (Å²) in [4.78, 5) is 27.3. The lowest BCUT2D eigenvalue weighted by molar-refractivity contribution is -0.117. The van der Waals surface area contributed by atoms with E-state index in [0.29, 0.717) is 26.4 Å². The maximum Gasteiger partial charge on any atom is 0.286 e. The van der Waals surface area contributed by atoms with E-state index in [4.69, 9.17) is 32.7 Å². The van der Waals surface area contributed by atoms with Crippen LogP contribution < -0.4 is 14.8 Å². The Labute approximate surface area is 181 Å². The predicted octanol–water partition coefficient (Wildman–Crippen LogP) is 4.69. The summed E-state index contributed by atoms with van der Waals surface area (Å²) in [5, 5.41) is 3.72. The summed E-state index contributed by atoms with van der Waals surface area (Å²) in [6, 6.07) is 10.6. The van der Waals surface area contributed by atoms with E-state index < -0.39 is 5.91 Å². The smallest absolute Gasteiger partial charge is 0.286 e. The van der Waals surface area contributed by atoms with Crippen LogP contribution in [0.5, 0.6) is 11.5 Å². The second-order valence-electron chi connectivity index (χ2n) is 5.96. The minimum absolute atomic E-state index is 0.266. The van der Waals surface area contributed by atoms with Crippen LogP contribution >= 0.6 is 35.0 Å². The lowest BCUT2D eigenvalue weighted by Crippen LogP contribution is -2.23. The molecule has 150 valence electrons. The van der Waals surface area contributed by atoms with Gasteiger partial charge in [0.25, 0.3) is 5.91 Å². The molecule has 9 heteroatoms. The minimum Gasteiger partial charge on any atom is -0.493 e. The molecule has 0 unspecified atom stereocenters. The van der Waals surface area contributed by atoms with E-state index in [1.54, 1.807) is 36.4 Å². The van der Waals surface area contributed by atoms with E-state index >= 15 is 0 Å². The largest absolute Gasteiger partial charge is 0.493 e. The molecule has 0 saturated carbocycles. The molecule has 0 bridgehead atoms. The average Bonchev–Trinajstić information content (AvgIpc) is 3.01. The number of hydrogen-bond acceptors (Lipinski definition) is 5. The predicted molar refractivity (Wildman–Crippen MR) is 116 cm³/mol. The molecular formula is C20H16Cl2N2O4S. The highest BCUT2D eigenvalue weighted by Crippen LogP contribution is 2.33. The fourth-order valence-corrected chi connectivity index (χ4v) is 3.63. The lowest BCUT2D eigenvalue weighted by Gasteiger charge is -2.12. The molecule has 2 amide bonds. The Morgan fingerprint density at radius 1 is 1.17 bits per heavy atom. The van der Waals surface area contributed by atoms with E-state index in [0.717, 1.165) is 22.9 Å². The molecule has 1 N–H and O–H groups in total. The van der Waals surface area contributed by atoms with Crippen molar-refractivity contribution in [2.75, 3.05) is 7.11 Å². The second-order valence-corrected chi connectivity index (χ2v) is 7.81. The molecule has 1 aliphatic heterocycles. The van der Waals surface area contributed by atoms with Crippen LogP contribution in [-0.4, -0.2) is 24.1 Å². The molecule has 1 heterocycles. The van der Waals surface area contributed by atoms with Gasteiger partial charge in [0.05, 0.1) is 22.1 Å². The van der Waals surface area contributed by atoms with Gasteiger partial charge in [0.1, 0.15) is 6.61 Å². The first kappa shape index (κ1) is 21.2. The van der Waals surface area contributed by atoms with Gasteiger partial charge < -0.3 is 14.8 Å². The highest BCUT2D eigenvalue weighted by molar-refractivity contribution is 8.18. The number of carbonyl (C=O) groups excluding carboxylic acids is 2. The van der Waals surface area contributed by atoms with E-state index in [9.17, 15) is 9.59 Å². The summed E-state index contributed by atoms with van der Waals surface area (Å²) < 4.78 is 11.2. The van der Waals surface area contributed by atoms with Crippen molar-refractivity contribution in [1.29, 1.82) is 0 Å². The summed E-state index contributed by atoms with van der Waals surface area (Å²) in [6.07, 6.45) is 1.68. The Balaban J connectivity index is 1.72. The summed E-state index contributed by atoms with van der Waals surface area (Å²) in [7, 11) is 1.53. The van der Waals surface area contributed by atoms with Crippen molar-refractivity contribution >= 4 is 58.0 Å². The minimum atomic E-state index is -0.405. The van der Waals surface area contributed by atoms with Crippen LogP contribution in [0.25, 0.3) is 6.08 Å². The average molecular weight is 451 g/mol. The number of amidine groups is 1. The molecule has 0 saturated heterocycles. The van der Waals surface area contributed by atoms with Gasteiger partial charge in [-0.1, -0.05) is 35.3 Å². The van der Waals surface area contributed by atoms with Gasteiger partial charge in [-0.3, -0.25) is 9.59 Å². The zero-order valence-electron chi connectivity index (χ0n) is 15.5. The molecule has 2 aromatic rings. The SMILES string of the molecule is COc1cc(C=C2SC(NC(C)=O)=NC2=O)ccc1OCc1ccc(Cl)c(Cl)c1. The first-order valence-corrected chi connectivity index (χ1v) is 9.98. The van der Waals surface area contributed by atoms with Crippen LogP contribution in [-0.2, 0) is 16.2 Å². The first-order valence-electron chi connectivity index (χ1n) is 8.40. The van der Waals surface area contributed by atoms with Crippen molar-refractivity contribution in [3.63, 3.8) is 0 Å². The van der Waals surface area contributed by atoms with Crippen LogP contribution in [0.15, 0.2) is 46.3 Å². The number of aliphatic imine (C=N–C) groups is 1. The van der Waals surface area contributed by atoms with E-state index in [1.165, 1.54) is 14.0 Å². The van der Waals surface area contributed by atoms with Gasteiger partial charge >= 0.3 is 0 Å². The van der Waals surface area contributed by atoms with Gasteiger partial charge in [-0.2, -0.15) is 4.99 Å². The molecule has 0 fully saturated rings. The molecule has 0 atom stereocenters. The molecule has 0 aliphatic carbocycles. The molecule has 29 heavy (non-hydrogen) atoms. The quantitative estimate of drug-likeness (QED) is 0.668. The second kappa shape index (κ2) is 9.35. The normalized spacial score (nSPS) is 14.7. The van der Waals surface area contributed by atoms with E-state index in [2.05, 4.69) is 10.3 Å². The molecule has 1 aliphatic rings. The molecule has 2 aromatic carbocycles. The van der Waals surface area contributed by atoms with Crippen LogP contribution in [0.1, 0.15) is 18.1 Å². The van der Waals surface area contributed by atoms with Gasteiger partial charge in [0.2, 0.25) is 5.91 Å². The molecule has 6 nitrogen and oxygen atoms in total. The van der Waals surface area contributed by atoms with Crippen LogP contribution in [0.2, 0.25) is 10.0 Å². The Bertz CT molecular complexity index is 1040. The first-order chi connectivity index (χ1) is 13.9. The standard InChI is InChI=1S/C20H16Cl2N2O4S/c1-11(25)23-20-24-19(26)18(29-20)9-12-4-6-16(17(8-12)27-2)28-10-13-3-5-14(21)15(22)7-13/h3-9H,10H2,1-2H3,(H,23,24,25,26). The number of benzene rings is 2. The highest BCUT2D eigenvalue weighted by atomic mass is 35.5. The van der Waals surface area contributed by atoms with Crippen molar-refractivity contribution in [3.8, 4) is 11.5 Å². The number of rotatable bonds is 5. The Kier molecular flexibility index (Phi) is 6.84. The number of halogens is 2. The molecule has 0 aromatic heterocycles. The Morgan fingerprint density at radius 3 is 2.66 bits per heavy atom. The summed E-state index contributed by atoms with van der Waals surface area (Å²) >= 11 is 13.1. The fraction of sp³-hybridized carbons (Fsp3) is 0.150. The molecule has 3 rings (SSSR count). The number of hydrogen-bond donors (Lipinski definition) is 1. The van der Waals surface area contributed by atoms with Crippen molar-refractivity contribution < 1.29 is 19.1 Å². The monoisotopic (exact) mass is 450 g/mol. The van der Waals surface area contributed by atoms with Crippen molar-refractivity contribution in [1.82, 2.24) is 5.32 Å². The van der Waals surface area contributed by atoms with Gasteiger partial charge in [0, 0.05) is 6.92 Å². The van der Waals surface area contributed by atoms with Gasteiger partial charge in [-0.15, -0.1) is 0 Å². The van der Waals surface area contributed by atoms with Crippen LogP contribution in [0.4, 0.5) is 0 Å². The third-order valence-corrected chi connectivity index (χ3v) is 5.41. The summed E-state index contributed by atoms with van der Waals surface area (Å²) in [6.45, 7) is 1.65. The van der Waals surface area contributed by atoms with Crippen molar-refractivity contribution in [2.24, 2.45) is 4.99 Å². The Hall–Kier alpha value is -2.48. The third kappa shape index (κ3) is 5.53. The fourth-order valence-electron chi connectivity index (χ4n) is 2.45. The van der Waals surface area contributed by atoms with E-state index in [-0.39, 0.29) is 17.7 Å². The number of carbonyl (C=O) groups is 2. The number of nitrogens with one attached hydrogen (secondary N) is 1. The maximum atomic E-state index is 12.0. The zero-order chi connectivity index (χ0) is 21.0. The lowest BCUT2D eigenvalue weighted by atomic mass is 10.2. The van der Waals surface area contributed by atoms with Gasteiger partial charge in [-0.25, -0.2) is 0 Å². The van der Waals surface area contributed by atoms with E-state index in [1.807, 2.05) is 6.07 Å². The molecule has 0 spiro atoms. The maximum absolute atomic E-state index is 12.0. The van der Waals surface area contributed by atoms with Crippen molar-refractivity contribution in [3.05, 3.63) is 62.5 Å². The molecule has 0 radical (unpaired) electrons. The number of ether oxygens (including phenoxy) is 2. The number of nitrogens with zero attached hydrogens (tertiary/aromatic N) is 1. The van der Waals surface area contributed by atoms with Gasteiger partial charge in [-0.05, 0) is 53.2 Å².